The van der Waals surface area contributed by atoms with Gasteiger partial charge >= 0.3 is 5.97 Å². The summed E-state index contributed by atoms with van der Waals surface area (Å²) in [5, 5.41) is 22.1. The summed E-state index contributed by atoms with van der Waals surface area (Å²) in [5.74, 6) is -1.84. The van der Waals surface area contributed by atoms with Gasteiger partial charge in [0.05, 0.1) is 12.6 Å². The summed E-state index contributed by atoms with van der Waals surface area (Å²) < 4.78 is 1.32. The standard InChI is InChI=1S/C18H15N5O4S3/c24-13(6-10-4-2-1-3-5-10)20-18(30-9-28)16(27)23-14(15(25)26)11(8-29-17(18)23)12-7-19-22-21-12/h1-5,7,9,17H,6,8H2,(H,20,24)(H,25,26)(H,19,21,22)/t17-,18-/m0/s1. The van der Waals surface area contributed by atoms with E-state index in [0.29, 0.717) is 11.3 Å². The first-order chi connectivity index (χ1) is 14.5. The Bertz CT molecular complexity index is 1040. The number of carbonyl (C=O) groups excluding carboxylic acids is 2. The van der Waals surface area contributed by atoms with Crippen molar-refractivity contribution in [3.63, 3.8) is 0 Å². The van der Waals surface area contributed by atoms with E-state index in [0.717, 1.165) is 17.3 Å². The van der Waals surface area contributed by atoms with E-state index in [2.05, 4.69) is 20.7 Å². The van der Waals surface area contributed by atoms with Gasteiger partial charge in [-0.1, -0.05) is 54.3 Å². The number of thioether (sulfide) groups is 2. The molecule has 1 saturated heterocycles. The summed E-state index contributed by atoms with van der Waals surface area (Å²) >= 11 is 7.30. The average molecular weight is 462 g/mol. The Morgan fingerprint density at radius 2 is 2.20 bits per heavy atom. The maximum atomic E-state index is 13.2. The zero-order valence-electron chi connectivity index (χ0n) is 15.3. The van der Waals surface area contributed by atoms with Crippen molar-refractivity contribution in [3.05, 3.63) is 53.5 Å². The van der Waals surface area contributed by atoms with Gasteiger partial charge < -0.3 is 10.4 Å². The van der Waals surface area contributed by atoms with Crippen LogP contribution in [-0.4, -0.2) is 63.9 Å². The molecule has 30 heavy (non-hydrogen) atoms. The maximum absolute atomic E-state index is 13.2. The monoisotopic (exact) mass is 461 g/mol. The predicted molar refractivity (Wildman–Crippen MR) is 116 cm³/mol. The fourth-order valence-corrected chi connectivity index (χ4v) is 6.36. The van der Waals surface area contributed by atoms with Crippen molar-refractivity contribution in [2.45, 2.75) is 16.7 Å². The van der Waals surface area contributed by atoms with Crippen LogP contribution in [-0.2, 0) is 20.8 Å². The van der Waals surface area contributed by atoms with Crippen molar-refractivity contribution in [1.29, 1.82) is 0 Å². The van der Waals surface area contributed by atoms with E-state index in [1.165, 1.54) is 27.6 Å². The second-order valence-electron chi connectivity index (χ2n) is 6.49. The van der Waals surface area contributed by atoms with Crippen molar-refractivity contribution in [3.8, 4) is 0 Å². The summed E-state index contributed by atoms with van der Waals surface area (Å²) in [6.45, 7) is 0. The summed E-state index contributed by atoms with van der Waals surface area (Å²) in [6, 6.07) is 9.14. The number of carboxylic acids is 1. The molecule has 0 aliphatic carbocycles. The Morgan fingerprint density at radius 3 is 2.83 bits per heavy atom. The third kappa shape index (κ3) is 3.40. The third-order valence-corrected chi connectivity index (χ3v) is 7.47. The van der Waals surface area contributed by atoms with Crippen LogP contribution in [0.3, 0.4) is 0 Å². The van der Waals surface area contributed by atoms with Crippen molar-refractivity contribution >= 4 is 63.8 Å². The van der Waals surface area contributed by atoms with Crippen LogP contribution < -0.4 is 5.32 Å². The highest BCUT2D eigenvalue weighted by atomic mass is 32.2. The summed E-state index contributed by atoms with van der Waals surface area (Å²) in [6.07, 6.45) is 1.50. The number of aliphatic carboxylic acids is 1. The first kappa shape index (κ1) is 20.6. The third-order valence-electron chi connectivity index (χ3n) is 4.72. The molecule has 2 aromatic rings. The molecule has 0 unspecified atom stereocenters. The van der Waals surface area contributed by atoms with Gasteiger partial charge in [0.2, 0.25) is 10.8 Å². The number of rotatable bonds is 7. The molecule has 2 aliphatic heterocycles. The highest BCUT2D eigenvalue weighted by Crippen LogP contribution is 2.52. The van der Waals surface area contributed by atoms with Crippen molar-refractivity contribution in [2.24, 2.45) is 0 Å². The zero-order valence-corrected chi connectivity index (χ0v) is 17.7. The van der Waals surface area contributed by atoms with Gasteiger partial charge in [0.25, 0.3) is 5.91 Å². The van der Waals surface area contributed by atoms with Gasteiger partial charge in [0.1, 0.15) is 16.8 Å². The number of nitrogens with one attached hydrogen (secondary N) is 2. The van der Waals surface area contributed by atoms with E-state index < -0.39 is 22.1 Å². The Labute approximate surface area is 184 Å². The molecule has 9 nitrogen and oxygen atoms in total. The van der Waals surface area contributed by atoms with E-state index in [-0.39, 0.29) is 23.8 Å². The SMILES string of the molecule is O=C(Cc1ccccc1)N[C@]1(SC=S)C(=O)N2C(C(=O)O)=C(c3cn[nH]n3)CS[C@H]21. The van der Waals surface area contributed by atoms with E-state index in [1.54, 1.807) is 0 Å². The lowest BCUT2D eigenvalue weighted by Gasteiger charge is -2.56. The van der Waals surface area contributed by atoms with Gasteiger partial charge in [0, 0.05) is 16.0 Å². The molecule has 0 spiro atoms. The zero-order chi connectivity index (χ0) is 21.3. The molecule has 4 rings (SSSR count). The molecule has 2 atom stereocenters. The van der Waals surface area contributed by atoms with E-state index >= 15 is 0 Å². The Hall–Kier alpha value is -2.70. The minimum absolute atomic E-state index is 0.0943. The number of benzene rings is 1. The fourth-order valence-electron chi connectivity index (χ4n) is 3.43. The first-order valence-electron chi connectivity index (χ1n) is 8.72. The quantitative estimate of drug-likeness (QED) is 0.317. The highest BCUT2D eigenvalue weighted by Gasteiger charge is 2.66. The number of thiocarbonyl (C=S) groups is 1. The van der Waals surface area contributed by atoms with Gasteiger partial charge in [-0.2, -0.15) is 15.4 Å². The molecule has 3 heterocycles. The first-order valence-corrected chi connectivity index (χ1v) is 11.1. The molecule has 1 aromatic carbocycles. The normalized spacial score (nSPS) is 22.9. The van der Waals surface area contributed by atoms with Crippen LogP contribution in [0.5, 0.6) is 0 Å². The van der Waals surface area contributed by atoms with Crippen LogP contribution in [0.15, 0.2) is 42.2 Å². The fraction of sp³-hybridized carbons (Fsp3) is 0.222. The number of nitrogens with zero attached hydrogens (tertiary/aromatic N) is 3. The number of carbonyl (C=O) groups is 3. The van der Waals surface area contributed by atoms with Crippen LogP contribution in [0.4, 0.5) is 0 Å². The van der Waals surface area contributed by atoms with E-state index in [4.69, 9.17) is 12.2 Å². The van der Waals surface area contributed by atoms with Crippen LogP contribution in [0, 0.1) is 0 Å². The molecular weight excluding hydrogens is 446 g/mol. The number of fused-ring (bicyclic) bond motifs is 1. The molecule has 2 amide bonds. The molecule has 0 radical (unpaired) electrons. The number of aromatic nitrogens is 3. The lowest BCUT2D eigenvalue weighted by Crippen LogP contribution is -2.78. The number of aromatic amines is 1. The number of amides is 2. The maximum Gasteiger partial charge on any atom is 0.353 e. The van der Waals surface area contributed by atoms with Crippen molar-refractivity contribution in [2.75, 3.05) is 5.75 Å². The van der Waals surface area contributed by atoms with Gasteiger partial charge in [-0.3, -0.25) is 14.5 Å². The van der Waals surface area contributed by atoms with Gasteiger partial charge in [-0.15, -0.1) is 11.8 Å². The van der Waals surface area contributed by atoms with E-state index in [1.807, 2.05) is 30.3 Å². The van der Waals surface area contributed by atoms with Gasteiger partial charge in [-0.05, 0) is 5.56 Å². The molecule has 154 valence electrons. The Kier molecular flexibility index (Phi) is 5.62. The molecular formula is C18H15N5O4S3. The summed E-state index contributed by atoms with van der Waals surface area (Å²) in [7, 11) is 0. The van der Waals surface area contributed by atoms with Gasteiger partial charge in [0.15, 0.2) is 0 Å². The molecule has 3 N–H and O–H groups in total. The molecule has 2 aliphatic rings. The Morgan fingerprint density at radius 1 is 1.43 bits per heavy atom. The average Bonchev–Trinajstić information content (AvgIpc) is 3.27. The molecule has 0 saturated carbocycles. The van der Waals surface area contributed by atoms with Crippen molar-refractivity contribution < 1.29 is 19.5 Å². The second kappa shape index (κ2) is 8.20. The number of hydrogen-bond donors (Lipinski definition) is 3. The summed E-state index contributed by atoms with van der Waals surface area (Å²) in [4.78, 5) is 37.7. The van der Waals surface area contributed by atoms with Crippen LogP contribution in [0.25, 0.3) is 5.57 Å². The van der Waals surface area contributed by atoms with Crippen LogP contribution in [0.2, 0.25) is 0 Å². The predicted octanol–water partition coefficient (Wildman–Crippen LogP) is 1.26. The number of hydrogen-bond acceptors (Lipinski definition) is 8. The van der Waals surface area contributed by atoms with Crippen LogP contribution in [0.1, 0.15) is 11.3 Å². The molecule has 12 heteroatoms. The second-order valence-corrected chi connectivity index (χ2v) is 9.20. The number of H-pyrrole nitrogens is 1. The van der Waals surface area contributed by atoms with Crippen LogP contribution >= 0.6 is 35.7 Å². The molecule has 1 fully saturated rings. The highest BCUT2D eigenvalue weighted by molar-refractivity contribution is 8.22. The topological polar surface area (TPSA) is 128 Å². The minimum Gasteiger partial charge on any atom is -0.477 e. The Balaban J connectivity index is 1.63. The number of β-lactam (4-membered cyclic amide) rings is 1. The lowest BCUT2D eigenvalue weighted by atomic mass is 10.0. The van der Waals surface area contributed by atoms with E-state index in [9.17, 15) is 19.5 Å². The lowest BCUT2D eigenvalue weighted by molar-refractivity contribution is -0.152. The largest absolute Gasteiger partial charge is 0.477 e. The minimum atomic E-state index is -1.35. The van der Waals surface area contributed by atoms with Crippen molar-refractivity contribution in [1.82, 2.24) is 25.6 Å². The van der Waals surface area contributed by atoms with Gasteiger partial charge in [-0.25, -0.2) is 4.79 Å². The smallest absolute Gasteiger partial charge is 0.353 e. The molecule has 0 bridgehead atoms. The number of carboxylic acid groups (broad SMARTS) is 1. The molecule has 1 aromatic heterocycles. The summed E-state index contributed by atoms with van der Waals surface area (Å²) in [5.41, 5.74) is 1.40.